The molecule has 14 atom stereocenters. The number of halogens is 5. The van der Waals surface area contributed by atoms with Crippen molar-refractivity contribution in [1.82, 2.24) is 0 Å². The minimum atomic E-state index is -1.96. The third-order valence-electron chi connectivity index (χ3n) is 5.96. The van der Waals surface area contributed by atoms with Gasteiger partial charge in [0.15, 0.2) is 12.6 Å². The number of aliphatic hydroxyl groups is 6. The fourth-order valence-electron chi connectivity index (χ4n) is 3.99. The van der Waals surface area contributed by atoms with Gasteiger partial charge in [-0.25, -0.2) is 0 Å². The van der Waals surface area contributed by atoms with Gasteiger partial charge in [-0.3, -0.25) is 0 Å². The van der Waals surface area contributed by atoms with Crippen LogP contribution in [0.15, 0.2) is 0 Å². The van der Waals surface area contributed by atoms with Gasteiger partial charge < -0.3 is 54.3 Å². The van der Waals surface area contributed by atoms with Crippen molar-refractivity contribution in [2.24, 2.45) is 0 Å². The highest BCUT2D eigenvalue weighted by Crippen LogP contribution is 2.43. The number of rotatable bonds is 8. The average Bonchev–Trinajstić information content (AvgIpc) is 3.10. The van der Waals surface area contributed by atoms with Crippen LogP contribution in [0.25, 0.3) is 0 Å². The summed E-state index contributed by atoms with van der Waals surface area (Å²) >= 11 is 30.7. The predicted octanol–water partition coefficient (Wildman–Crippen LogP) is -1.34. The molecule has 0 aromatic rings. The second kappa shape index (κ2) is 12.2. The Labute approximate surface area is 220 Å². The lowest BCUT2D eigenvalue weighted by molar-refractivity contribution is -0.375. The topological polar surface area (TPSA) is 168 Å². The molecule has 3 fully saturated rings. The van der Waals surface area contributed by atoms with E-state index in [1.54, 1.807) is 0 Å². The molecule has 3 aliphatic rings. The molecule has 3 rings (SSSR count). The summed E-state index contributed by atoms with van der Waals surface area (Å²) in [5.74, 6) is -2.55. The maximum Gasteiger partial charge on any atom is 0.213 e. The van der Waals surface area contributed by atoms with E-state index >= 15 is 0 Å². The molecule has 16 heteroatoms. The molecule has 0 aromatic heterocycles. The van der Waals surface area contributed by atoms with E-state index in [9.17, 15) is 30.6 Å². The number of ether oxygens (including phenoxy) is 5. The van der Waals surface area contributed by atoms with Gasteiger partial charge in [0.25, 0.3) is 0 Å². The highest BCUT2D eigenvalue weighted by Gasteiger charge is 2.61. The second-order valence-corrected chi connectivity index (χ2v) is 10.3. The molecule has 34 heavy (non-hydrogen) atoms. The number of alkyl halides is 5. The summed E-state index contributed by atoms with van der Waals surface area (Å²) in [7, 11) is 0. The molecular weight excluding hydrogens is 569 g/mol. The fourth-order valence-corrected chi connectivity index (χ4v) is 5.58. The molecule has 4 unspecified atom stereocenters. The Bertz CT molecular complexity index is 666. The van der Waals surface area contributed by atoms with Gasteiger partial charge in [-0.2, -0.15) is 0 Å². The zero-order valence-corrected chi connectivity index (χ0v) is 21.2. The zero-order valence-electron chi connectivity index (χ0n) is 17.4. The lowest BCUT2D eigenvalue weighted by Gasteiger charge is -2.45. The standard InChI is InChI=1S/C18H27Cl5O11/c19-1-5-10(23)15(32-16-13(28)11(26)8(21)6(2-24)30-16)18(4-20,33-5)34-17-14(29)12(27)9(22)7(3-25)31-17/h5-17,24-29H,1-4H2/t5?,6-,7-,8+,9+,10?,11+,12+,13-,14-,15?,16+,17+,18?/m1/s1. The van der Waals surface area contributed by atoms with Crippen molar-refractivity contribution in [3.63, 3.8) is 0 Å². The van der Waals surface area contributed by atoms with E-state index in [2.05, 4.69) is 0 Å². The first-order valence-corrected chi connectivity index (χ1v) is 12.7. The molecule has 0 spiro atoms. The van der Waals surface area contributed by atoms with Gasteiger partial charge >= 0.3 is 0 Å². The lowest BCUT2D eigenvalue weighted by Crippen LogP contribution is -2.63. The molecule has 11 nitrogen and oxygen atoms in total. The molecule has 0 saturated carbocycles. The van der Waals surface area contributed by atoms with Gasteiger partial charge in [-0.1, -0.05) is 0 Å². The van der Waals surface area contributed by atoms with E-state index < -0.39 is 102 Å². The summed E-state index contributed by atoms with van der Waals surface area (Å²) in [5.41, 5.74) is 0. The van der Waals surface area contributed by atoms with Crippen LogP contribution < -0.4 is 0 Å². The van der Waals surface area contributed by atoms with Crippen LogP contribution in [0.5, 0.6) is 0 Å². The maximum atomic E-state index is 10.5. The van der Waals surface area contributed by atoms with E-state index in [1.165, 1.54) is 0 Å². The van der Waals surface area contributed by atoms with Crippen molar-refractivity contribution in [3.8, 4) is 0 Å². The summed E-state index contributed by atoms with van der Waals surface area (Å²) in [6.07, 6.45) is -13.9. The van der Waals surface area contributed by atoms with Gasteiger partial charge in [0.1, 0.15) is 42.7 Å². The van der Waals surface area contributed by atoms with E-state index in [1.807, 2.05) is 0 Å². The minimum absolute atomic E-state index is 0.129. The Morgan fingerprint density at radius 2 is 1.21 bits per heavy atom. The Morgan fingerprint density at radius 3 is 1.68 bits per heavy atom. The second-order valence-electron chi connectivity index (χ2n) is 8.18. The van der Waals surface area contributed by atoms with E-state index in [4.69, 9.17) is 81.7 Å². The quantitative estimate of drug-likeness (QED) is 0.184. The average molecular weight is 597 g/mol. The molecule has 3 aliphatic heterocycles. The van der Waals surface area contributed by atoms with Crippen LogP contribution in [-0.4, -0.2) is 139 Å². The lowest BCUT2D eigenvalue weighted by atomic mass is 10.0. The monoisotopic (exact) mass is 594 g/mol. The fraction of sp³-hybridized carbons (Fsp3) is 1.00. The molecule has 6 N–H and O–H groups in total. The van der Waals surface area contributed by atoms with Gasteiger partial charge in [0.05, 0.1) is 47.2 Å². The molecule has 3 saturated heterocycles. The van der Waals surface area contributed by atoms with E-state index in [0.717, 1.165) is 0 Å². The first-order valence-electron chi connectivity index (χ1n) is 10.3. The van der Waals surface area contributed by atoms with Gasteiger partial charge in [-0.15, -0.1) is 58.0 Å². The number of hydrogen-bond donors (Lipinski definition) is 6. The third-order valence-corrected chi connectivity index (χ3v) is 8.23. The van der Waals surface area contributed by atoms with Crippen LogP contribution in [0.2, 0.25) is 0 Å². The van der Waals surface area contributed by atoms with Crippen molar-refractivity contribution >= 4 is 58.0 Å². The minimum Gasteiger partial charge on any atom is -0.394 e. The van der Waals surface area contributed by atoms with Crippen molar-refractivity contribution < 1.29 is 54.3 Å². The van der Waals surface area contributed by atoms with Crippen molar-refractivity contribution in [2.45, 2.75) is 83.3 Å². The van der Waals surface area contributed by atoms with Crippen molar-refractivity contribution in [1.29, 1.82) is 0 Å². The first kappa shape index (κ1) is 29.6. The molecule has 200 valence electrons. The zero-order chi connectivity index (χ0) is 25.4. The van der Waals surface area contributed by atoms with Gasteiger partial charge in [-0.05, 0) is 0 Å². The summed E-state index contributed by atoms with van der Waals surface area (Å²) in [5, 5.41) is 57.1. The summed E-state index contributed by atoms with van der Waals surface area (Å²) in [4.78, 5) is 0. The van der Waals surface area contributed by atoms with Crippen LogP contribution >= 0.6 is 58.0 Å². The summed E-state index contributed by atoms with van der Waals surface area (Å²) < 4.78 is 28.5. The molecule has 0 aliphatic carbocycles. The molecule has 0 amide bonds. The molecule has 0 bridgehead atoms. The van der Waals surface area contributed by atoms with Crippen molar-refractivity contribution in [3.05, 3.63) is 0 Å². The SMILES string of the molecule is OC[C@H]1O[C@@H](OC2C(Cl)C(CCl)OC2(CCl)O[C@@H]2O[C@H](CO)[C@H](Cl)[C@H](O)[C@H]2O)[C@H](O)[C@@H](O)[C@H]1Cl. The molecule has 0 aromatic carbocycles. The highest BCUT2D eigenvalue weighted by atomic mass is 35.5. The van der Waals surface area contributed by atoms with E-state index in [-0.39, 0.29) is 5.88 Å². The molecule has 0 radical (unpaired) electrons. The predicted molar refractivity (Wildman–Crippen MR) is 119 cm³/mol. The van der Waals surface area contributed by atoms with Crippen molar-refractivity contribution in [2.75, 3.05) is 25.0 Å². The number of hydrogen-bond acceptors (Lipinski definition) is 11. The normalized spacial score (nSPS) is 52.1. The molecular formula is C18H27Cl5O11. The van der Waals surface area contributed by atoms with Crippen LogP contribution in [0.3, 0.4) is 0 Å². The van der Waals surface area contributed by atoms with Crippen LogP contribution in [0.4, 0.5) is 0 Å². The van der Waals surface area contributed by atoms with Crippen LogP contribution in [0, 0.1) is 0 Å². The largest absolute Gasteiger partial charge is 0.394 e. The highest BCUT2D eigenvalue weighted by molar-refractivity contribution is 6.24. The Kier molecular flexibility index (Phi) is 10.6. The third kappa shape index (κ3) is 5.56. The smallest absolute Gasteiger partial charge is 0.213 e. The Morgan fingerprint density at radius 1 is 0.706 bits per heavy atom. The Hall–Kier alpha value is 1.01. The number of aliphatic hydroxyl groups excluding tert-OH is 6. The maximum absolute atomic E-state index is 10.5. The Balaban J connectivity index is 1.87. The summed E-state index contributed by atoms with van der Waals surface area (Å²) in [6.45, 7) is -1.16. The van der Waals surface area contributed by atoms with E-state index in [0.29, 0.717) is 0 Å². The van der Waals surface area contributed by atoms with Crippen LogP contribution in [-0.2, 0) is 23.7 Å². The van der Waals surface area contributed by atoms with Crippen LogP contribution in [0.1, 0.15) is 0 Å². The van der Waals surface area contributed by atoms with Gasteiger partial charge in [0, 0.05) is 0 Å². The molecule has 3 heterocycles. The van der Waals surface area contributed by atoms with Gasteiger partial charge in [0.2, 0.25) is 5.79 Å². The first-order chi connectivity index (χ1) is 16.0. The summed E-state index contributed by atoms with van der Waals surface area (Å²) in [6, 6.07) is 0.